The monoisotopic (exact) mass is 524 g/mol. The largest absolute Gasteiger partial charge is 0.497 e. The standard InChI is InChI=1S/C22H28N4O9S/c1-12(20(29)25-17-9-18(27)35-22(17)31)26-11-13(3-8-16(19(23)28)21(26)30)10-24-36(32,33)15-6-4-14(34-2)5-7-15/h3-7,12,16-17,22,24,31H,8-11H2,1-2H3,(H2,23,28)(H,25,29)/t12?,16-,17?,22?/m1/s1. The SMILES string of the molecule is COc1ccc(S(=O)(=O)NCC2=CC[C@H](C(N)=O)C(=O)N(C(C)C(=O)NC3CC(=O)OC3O)C2)cc1. The lowest BCUT2D eigenvalue weighted by Crippen LogP contribution is -2.54. The Morgan fingerprint density at radius 2 is 1.94 bits per heavy atom. The highest BCUT2D eigenvalue weighted by atomic mass is 32.2. The van der Waals surface area contributed by atoms with Crippen LogP contribution in [-0.2, 0) is 33.9 Å². The molecule has 13 nitrogen and oxygen atoms in total. The van der Waals surface area contributed by atoms with Crippen molar-refractivity contribution in [2.45, 2.75) is 43.0 Å². The molecule has 0 spiro atoms. The van der Waals surface area contributed by atoms with Crippen molar-refractivity contribution in [2.24, 2.45) is 11.7 Å². The lowest BCUT2D eigenvalue weighted by molar-refractivity contribution is -0.155. The number of ether oxygens (including phenoxy) is 2. The fraction of sp³-hybridized carbons (Fsp3) is 0.455. The van der Waals surface area contributed by atoms with Crippen LogP contribution in [0.5, 0.6) is 5.75 Å². The molecule has 3 rings (SSSR count). The number of nitrogens with zero attached hydrogens (tertiary/aromatic N) is 1. The summed E-state index contributed by atoms with van der Waals surface area (Å²) >= 11 is 0. The number of carbonyl (C=O) groups excluding carboxylic acids is 4. The predicted molar refractivity (Wildman–Crippen MR) is 123 cm³/mol. The van der Waals surface area contributed by atoms with Crippen molar-refractivity contribution in [3.63, 3.8) is 0 Å². The number of benzene rings is 1. The van der Waals surface area contributed by atoms with Gasteiger partial charge in [0.25, 0.3) is 0 Å². The normalized spacial score (nSPS) is 23.4. The molecule has 4 atom stereocenters. The smallest absolute Gasteiger partial charge is 0.310 e. The number of primary amides is 1. The van der Waals surface area contributed by atoms with Crippen LogP contribution in [0.2, 0.25) is 0 Å². The number of rotatable bonds is 9. The third kappa shape index (κ3) is 6.19. The Labute approximate surface area is 207 Å². The lowest BCUT2D eigenvalue weighted by Gasteiger charge is -2.30. The maximum atomic E-state index is 13.0. The molecule has 196 valence electrons. The molecule has 1 saturated heterocycles. The maximum absolute atomic E-state index is 13.0. The van der Waals surface area contributed by atoms with Gasteiger partial charge in [0, 0.05) is 13.1 Å². The summed E-state index contributed by atoms with van der Waals surface area (Å²) in [7, 11) is -2.46. The molecule has 1 aromatic rings. The van der Waals surface area contributed by atoms with Crippen molar-refractivity contribution >= 4 is 33.7 Å². The third-order valence-electron chi connectivity index (χ3n) is 5.96. The molecule has 2 heterocycles. The van der Waals surface area contributed by atoms with E-state index in [9.17, 15) is 32.7 Å². The summed E-state index contributed by atoms with van der Waals surface area (Å²) in [6.45, 7) is 1.05. The van der Waals surface area contributed by atoms with E-state index < -0.39 is 58.0 Å². The van der Waals surface area contributed by atoms with Crippen molar-refractivity contribution in [2.75, 3.05) is 20.2 Å². The van der Waals surface area contributed by atoms with Crippen molar-refractivity contribution in [3.05, 3.63) is 35.9 Å². The van der Waals surface area contributed by atoms with E-state index in [0.717, 1.165) is 4.90 Å². The second-order valence-corrected chi connectivity index (χ2v) is 10.2. The first kappa shape index (κ1) is 27.1. The van der Waals surface area contributed by atoms with Gasteiger partial charge in [-0.1, -0.05) is 6.08 Å². The van der Waals surface area contributed by atoms with Gasteiger partial charge < -0.3 is 30.5 Å². The van der Waals surface area contributed by atoms with E-state index in [-0.39, 0.29) is 30.8 Å². The number of allylic oxidation sites excluding steroid dienone is 1. The Bertz CT molecular complexity index is 1170. The lowest BCUT2D eigenvalue weighted by atomic mass is 10.0. The summed E-state index contributed by atoms with van der Waals surface area (Å²) in [5.74, 6) is -3.74. The molecular weight excluding hydrogens is 496 g/mol. The second kappa shape index (κ2) is 11.1. The van der Waals surface area contributed by atoms with Crippen molar-refractivity contribution < 1.29 is 42.2 Å². The first-order valence-electron chi connectivity index (χ1n) is 11.0. The number of sulfonamides is 1. The topological polar surface area (TPSA) is 194 Å². The van der Waals surface area contributed by atoms with Gasteiger partial charge in [-0.2, -0.15) is 0 Å². The Morgan fingerprint density at radius 1 is 1.28 bits per heavy atom. The first-order valence-corrected chi connectivity index (χ1v) is 12.5. The molecule has 0 bridgehead atoms. The zero-order valence-electron chi connectivity index (χ0n) is 19.7. The molecule has 0 saturated carbocycles. The number of carbonyl (C=O) groups is 4. The summed E-state index contributed by atoms with van der Waals surface area (Å²) in [5, 5.41) is 12.2. The third-order valence-corrected chi connectivity index (χ3v) is 7.37. The van der Waals surface area contributed by atoms with Gasteiger partial charge in [0.2, 0.25) is 34.0 Å². The van der Waals surface area contributed by atoms with Gasteiger partial charge in [0.05, 0.1) is 18.4 Å². The van der Waals surface area contributed by atoms with Gasteiger partial charge in [0.1, 0.15) is 23.8 Å². The van der Waals surface area contributed by atoms with Crippen LogP contribution in [0, 0.1) is 5.92 Å². The average molecular weight is 525 g/mol. The van der Waals surface area contributed by atoms with Gasteiger partial charge >= 0.3 is 5.97 Å². The highest BCUT2D eigenvalue weighted by Gasteiger charge is 2.39. The van der Waals surface area contributed by atoms with Crippen LogP contribution in [0.25, 0.3) is 0 Å². The molecule has 3 unspecified atom stereocenters. The maximum Gasteiger partial charge on any atom is 0.310 e. The molecule has 1 fully saturated rings. The molecule has 36 heavy (non-hydrogen) atoms. The molecule has 14 heteroatoms. The second-order valence-electron chi connectivity index (χ2n) is 8.39. The van der Waals surface area contributed by atoms with Gasteiger partial charge in [-0.05, 0) is 43.2 Å². The number of hydrogen-bond acceptors (Lipinski definition) is 9. The van der Waals surface area contributed by atoms with Crippen LogP contribution >= 0.6 is 0 Å². The van der Waals surface area contributed by atoms with Crippen LogP contribution < -0.4 is 20.5 Å². The molecule has 1 aromatic carbocycles. The number of nitrogens with two attached hydrogens (primary N) is 1. The minimum Gasteiger partial charge on any atom is -0.497 e. The van der Waals surface area contributed by atoms with E-state index in [1.165, 1.54) is 38.3 Å². The molecule has 2 aliphatic heterocycles. The number of aliphatic hydroxyl groups is 1. The van der Waals surface area contributed by atoms with E-state index >= 15 is 0 Å². The highest BCUT2D eigenvalue weighted by molar-refractivity contribution is 7.89. The fourth-order valence-corrected chi connectivity index (χ4v) is 4.82. The highest BCUT2D eigenvalue weighted by Crippen LogP contribution is 2.21. The number of cyclic esters (lactones) is 1. The van der Waals surface area contributed by atoms with E-state index in [2.05, 4.69) is 14.8 Å². The first-order chi connectivity index (χ1) is 16.9. The van der Waals surface area contributed by atoms with Gasteiger partial charge in [-0.25, -0.2) is 13.1 Å². The molecule has 2 aliphatic rings. The summed E-state index contributed by atoms with van der Waals surface area (Å²) in [5.41, 5.74) is 5.83. The summed E-state index contributed by atoms with van der Waals surface area (Å²) in [6, 6.07) is 3.62. The van der Waals surface area contributed by atoms with Crippen LogP contribution in [-0.4, -0.2) is 80.7 Å². The zero-order valence-corrected chi connectivity index (χ0v) is 20.5. The number of hydrogen-bond donors (Lipinski definition) is 4. The van der Waals surface area contributed by atoms with Crippen LogP contribution in [0.4, 0.5) is 0 Å². The Hall–Kier alpha value is -3.49. The molecule has 0 aliphatic carbocycles. The minimum atomic E-state index is -3.92. The Balaban J connectivity index is 1.75. The number of amides is 3. The zero-order chi connectivity index (χ0) is 26.6. The molecule has 3 amide bonds. The molecular formula is C22H28N4O9S. The molecule has 0 aromatic heterocycles. The molecule has 5 N–H and O–H groups in total. The van der Waals surface area contributed by atoms with E-state index in [1.54, 1.807) is 6.08 Å². The van der Waals surface area contributed by atoms with Crippen molar-refractivity contribution in [1.82, 2.24) is 14.9 Å². The number of nitrogens with one attached hydrogen (secondary N) is 2. The predicted octanol–water partition coefficient (Wildman–Crippen LogP) is -1.63. The number of esters is 1. The summed E-state index contributed by atoms with van der Waals surface area (Å²) in [4.78, 5) is 50.2. The van der Waals surface area contributed by atoms with E-state index in [1.807, 2.05) is 0 Å². The van der Waals surface area contributed by atoms with E-state index in [0.29, 0.717) is 11.3 Å². The summed E-state index contributed by atoms with van der Waals surface area (Å²) < 4.78 is 37.5. The summed E-state index contributed by atoms with van der Waals surface area (Å²) in [6.07, 6.45) is -0.283. The fourth-order valence-electron chi connectivity index (χ4n) is 3.78. The minimum absolute atomic E-state index is 0.0000927. The Morgan fingerprint density at radius 3 is 2.50 bits per heavy atom. The van der Waals surface area contributed by atoms with Crippen LogP contribution in [0.1, 0.15) is 19.8 Å². The van der Waals surface area contributed by atoms with Crippen LogP contribution in [0.3, 0.4) is 0 Å². The quantitative estimate of drug-likeness (QED) is 0.167. The van der Waals surface area contributed by atoms with Gasteiger partial charge in [-0.3, -0.25) is 19.2 Å². The van der Waals surface area contributed by atoms with Crippen LogP contribution in [0.15, 0.2) is 40.8 Å². The van der Waals surface area contributed by atoms with Crippen molar-refractivity contribution in [1.29, 1.82) is 0 Å². The van der Waals surface area contributed by atoms with Gasteiger partial charge in [-0.15, -0.1) is 0 Å². The number of aliphatic hydroxyl groups excluding tert-OH is 1. The van der Waals surface area contributed by atoms with E-state index in [4.69, 9.17) is 10.5 Å². The Kier molecular flexibility index (Phi) is 8.32. The average Bonchev–Trinajstić information content (AvgIpc) is 3.05. The van der Waals surface area contributed by atoms with Gasteiger partial charge in [0.15, 0.2) is 0 Å². The van der Waals surface area contributed by atoms with Crippen molar-refractivity contribution in [3.8, 4) is 5.75 Å². The molecule has 0 radical (unpaired) electrons. The number of methoxy groups -OCH3 is 1.